The van der Waals surface area contributed by atoms with Gasteiger partial charge in [0.25, 0.3) is 0 Å². The molecule has 3 atom stereocenters. The van der Waals surface area contributed by atoms with Gasteiger partial charge in [-0.15, -0.1) is 0 Å². The second-order valence-electron chi connectivity index (χ2n) is 13.7. The van der Waals surface area contributed by atoms with Crippen LogP contribution in [-0.4, -0.2) is 75.4 Å². The summed E-state index contributed by atoms with van der Waals surface area (Å²) in [6.45, 7) is 1.09. The molecule has 3 unspecified atom stereocenters. The number of rotatable bonds is 10. The number of hydrogen-bond donors (Lipinski definition) is 7. The van der Waals surface area contributed by atoms with Crippen LogP contribution in [0.4, 0.5) is 0 Å². The van der Waals surface area contributed by atoms with Gasteiger partial charge in [0.1, 0.15) is 17.1 Å². The highest BCUT2D eigenvalue weighted by molar-refractivity contribution is 7.99. The van der Waals surface area contributed by atoms with Crippen LogP contribution in [0.1, 0.15) is 42.4 Å². The Morgan fingerprint density at radius 3 is 2.43 bits per heavy atom. The molecule has 0 fully saturated rings. The molecule has 294 valence electrons. The predicted octanol–water partition coefficient (Wildman–Crippen LogP) is 5.72. The number of para-hydroxylation sites is 1. The van der Waals surface area contributed by atoms with Crippen LogP contribution in [0.5, 0.6) is 0 Å². The molecule has 3 amide bonds. The van der Waals surface area contributed by atoms with E-state index in [1.807, 2.05) is 79.0 Å². The highest BCUT2D eigenvalue weighted by atomic mass is 35.5. The molecule has 0 spiro atoms. The molecule has 0 saturated heterocycles. The van der Waals surface area contributed by atoms with Crippen LogP contribution in [0, 0.1) is 0 Å². The fraction of sp³-hybridized carbons (Fsp3) is 0.317. The maximum absolute atomic E-state index is 14.6. The topological polar surface area (TPSA) is 191 Å². The first kappa shape index (κ1) is 41.2. The molecule has 9 N–H and O–H groups in total. The monoisotopic (exact) mass is 814 g/mol. The maximum Gasteiger partial charge on any atom is 0.245 e. The molecule has 3 aromatic carbocycles. The molecule has 2 aromatic heterocycles. The fourth-order valence-corrected chi connectivity index (χ4v) is 8.54. The SMILES string of the molecule is CN1C(=O)C(CCCN)NC(=O)C(CCCN)NCc2cccnc2Sc2c(Cl)ccc(-c3ccc(SO)cc3)c2CNC(=O)C1Cc1c[nH]c2ccccc12. The number of nitrogens with two attached hydrogens (primary N) is 2. The Kier molecular flexibility index (Phi) is 14.5. The lowest BCUT2D eigenvalue weighted by Crippen LogP contribution is -2.57. The van der Waals surface area contributed by atoms with Gasteiger partial charge in [0.15, 0.2) is 0 Å². The third-order valence-corrected chi connectivity index (χ3v) is 12.2. The van der Waals surface area contributed by atoms with E-state index in [-0.39, 0.29) is 24.8 Å². The van der Waals surface area contributed by atoms with E-state index in [2.05, 4.69) is 20.9 Å². The summed E-state index contributed by atoms with van der Waals surface area (Å²) in [5.41, 5.74) is 16.9. The fourth-order valence-electron chi connectivity index (χ4n) is 6.94. The second-order valence-corrected chi connectivity index (χ2v) is 15.8. The van der Waals surface area contributed by atoms with Crippen LogP contribution >= 0.6 is 35.4 Å². The molecule has 1 aliphatic heterocycles. The molecule has 0 aliphatic carbocycles. The van der Waals surface area contributed by atoms with E-state index in [1.54, 1.807) is 13.2 Å². The number of hydrogen-bond acceptors (Lipinski definition) is 10. The Bertz CT molecular complexity index is 2150. The quantitative estimate of drug-likeness (QED) is 0.0859. The summed E-state index contributed by atoms with van der Waals surface area (Å²) in [6, 6.07) is 20.2. The van der Waals surface area contributed by atoms with Gasteiger partial charge >= 0.3 is 0 Å². The lowest BCUT2D eigenvalue weighted by atomic mass is 9.98. The molecular weight excluding hydrogens is 768 g/mol. The van der Waals surface area contributed by atoms with Crippen molar-refractivity contribution in [3.63, 3.8) is 0 Å². The van der Waals surface area contributed by atoms with E-state index in [0.717, 1.165) is 38.7 Å². The molecule has 6 rings (SSSR count). The third-order valence-electron chi connectivity index (χ3n) is 10.0. The normalized spacial score (nSPS) is 18.6. The number of carbonyl (C=O) groups is 3. The summed E-state index contributed by atoms with van der Waals surface area (Å²) in [5, 5.41) is 11.7. The van der Waals surface area contributed by atoms with Crippen LogP contribution in [-0.2, 0) is 33.9 Å². The highest BCUT2D eigenvalue weighted by Crippen LogP contribution is 2.41. The molecule has 56 heavy (non-hydrogen) atoms. The van der Waals surface area contributed by atoms with Gasteiger partial charge in [-0.25, -0.2) is 4.98 Å². The molecule has 0 radical (unpaired) electrons. The zero-order valence-electron chi connectivity index (χ0n) is 31.1. The van der Waals surface area contributed by atoms with Crippen molar-refractivity contribution in [1.82, 2.24) is 30.8 Å². The maximum atomic E-state index is 14.6. The molecular formula is C41H47ClN8O4S2. The minimum atomic E-state index is -0.956. The van der Waals surface area contributed by atoms with Gasteiger partial charge in [-0.3, -0.25) is 14.4 Å². The molecule has 1 aliphatic rings. The van der Waals surface area contributed by atoms with Crippen molar-refractivity contribution >= 4 is 64.0 Å². The summed E-state index contributed by atoms with van der Waals surface area (Å²) in [5.74, 6) is -1.12. The number of nitrogens with zero attached hydrogens (tertiary/aromatic N) is 2. The van der Waals surface area contributed by atoms with Crippen molar-refractivity contribution in [2.45, 2.75) is 78.1 Å². The highest BCUT2D eigenvalue weighted by Gasteiger charge is 2.34. The molecule has 0 bridgehead atoms. The van der Waals surface area contributed by atoms with E-state index in [4.69, 9.17) is 28.1 Å². The van der Waals surface area contributed by atoms with Crippen molar-refractivity contribution in [3.05, 3.63) is 107 Å². The number of nitrogens with one attached hydrogen (secondary N) is 4. The Morgan fingerprint density at radius 1 is 0.929 bits per heavy atom. The summed E-state index contributed by atoms with van der Waals surface area (Å²) < 4.78 is 9.64. The van der Waals surface area contributed by atoms with Gasteiger partial charge in [-0.05, 0) is 96.9 Å². The zero-order valence-corrected chi connectivity index (χ0v) is 33.5. The van der Waals surface area contributed by atoms with Crippen LogP contribution in [0.25, 0.3) is 22.0 Å². The van der Waals surface area contributed by atoms with Gasteiger partial charge in [0.05, 0.1) is 11.1 Å². The molecule has 5 aromatic rings. The Labute approximate surface area is 340 Å². The van der Waals surface area contributed by atoms with Crippen molar-refractivity contribution in [2.24, 2.45) is 11.5 Å². The average Bonchev–Trinajstić information content (AvgIpc) is 3.63. The number of fused-ring (bicyclic) bond motifs is 3. The Hall–Kier alpha value is -4.41. The molecule has 15 heteroatoms. The number of pyridine rings is 1. The van der Waals surface area contributed by atoms with Gasteiger partial charge in [-0.2, -0.15) is 0 Å². The van der Waals surface area contributed by atoms with E-state index in [1.165, 1.54) is 16.7 Å². The van der Waals surface area contributed by atoms with Crippen LogP contribution in [0.3, 0.4) is 0 Å². The largest absolute Gasteiger partial charge is 0.361 e. The third kappa shape index (κ3) is 9.75. The number of likely N-dealkylation sites (N-methyl/N-ethyl adjacent to an activating group) is 1. The van der Waals surface area contributed by atoms with Crippen molar-refractivity contribution < 1.29 is 18.9 Å². The van der Waals surface area contributed by atoms with Crippen molar-refractivity contribution in [1.29, 1.82) is 0 Å². The minimum absolute atomic E-state index is 0.0783. The summed E-state index contributed by atoms with van der Waals surface area (Å²) in [6.07, 6.45) is 5.58. The number of H-pyrrole nitrogens is 1. The summed E-state index contributed by atoms with van der Waals surface area (Å²) in [7, 11) is 1.61. The van der Waals surface area contributed by atoms with E-state index in [0.29, 0.717) is 77.2 Å². The first-order valence-electron chi connectivity index (χ1n) is 18.6. The lowest BCUT2D eigenvalue weighted by molar-refractivity contribution is -0.142. The Morgan fingerprint density at radius 2 is 1.68 bits per heavy atom. The first-order chi connectivity index (χ1) is 27.2. The lowest BCUT2D eigenvalue weighted by Gasteiger charge is -2.32. The second kappa shape index (κ2) is 19.6. The van der Waals surface area contributed by atoms with Gasteiger partial charge in [0, 0.05) is 71.7 Å². The van der Waals surface area contributed by atoms with E-state index in [9.17, 15) is 18.9 Å². The minimum Gasteiger partial charge on any atom is -0.361 e. The first-order valence-corrected chi connectivity index (χ1v) is 20.6. The average molecular weight is 815 g/mol. The van der Waals surface area contributed by atoms with Crippen LogP contribution < -0.4 is 27.4 Å². The number of aromatic nitrogens is 2. The van der Waals surface area contributed by atoms with Crippen molar-refractivity contribution in [3.8, 4) is 11.1 Å². The Balaban J connectivity index is 1.47. The van der Waals surface area contributed by atoms with Gasteiger partial charge in [-0.1, -0.05) is 65.8 Å². The number of halogens is 1. The van der Waals surface area contributed by atoms with Gasteiger partial charge < -0.3 is 41.9 Å². The van der Waals surface area contributed by atoms with Crippen molar-refractivity contribution in [2.75, 3.05) is 20.1 Å². The number of aromatic amines is 1. The smallest absolute Gasteiger partial charge is 0.245 e. The molecule has 0 saturated carbocycles. The van der Waals surface area contributed by atoms with Gasteiger partial charge in [0.2, 0.25) is 17.7 Å². The van der Waals surface area contributed by atoms with Crippen LogP contribution in [0.15, 0.2) is 100 Å². The van der Waals surface area contributed by atoms with E-state index >= 15 is 0 Å². The summed E-state index contributed by atoms with van der Waals surface area (Å²) in [4.78, 5) is 54.0. The summed E-state index contributed by atoms with van der Waals surface area (Å²) >= 11 is 9.05. The zero-order chi connectivity index (χ0) is 39.6. The molecule has 3 heterocycles. The predicted molar refractivity (Wildman–Crippen MR) is 223 cm³/mol. The number of benzene rings is 3. The number of carbonyl (C=O) groups excluding carboxylic acids is 3. The number of amides is 3. The standard InChI is InChI=1S/C41H47ClN8O4S2/c1-50-36(21-27-23-46-33-9-3-2-8-30(27)33)39(52)48-24-31-29(25-12-14-28(56-54)15-13-25)16-17-32(42)37(31)55-40-26(7-6-20-45-40)22-47-34(10-4-18-43)38(51)49-35(41(50)53)11-5-19-44/h2-3,6-9,12-17,20,23,34-36,46-47,54H,4-5,10-11,18-19,21-22,24,43-44H2,1H3,(H,48,52)(H,49,51). The molecule has 12 nitrogen and oxygen atoms in total. The van der Waals surface area contributed by atoms with E-state index < -0.39 is 24.0 Å². The van der Waals surface area contributed by atoms with Crippen LogP contribution in [0.2, 0.25) is 5.02 Å².